The van der Waals surface area contributed by atoms with E-state index in [9.17, 15) is 9.90 Å². The van der Waals surface area contributed by atoms with Gasteiger partial charge in [0.2, 0.25) is 0 Å². The lowest BCUT2D eigenvalue weighted by Gasteiger charge is -2.14. The van der Waals surface area contributed by atoms with E-state index in [0.717, 1.165) is 10.6 Å². The Bertz CT molecular complexity index is 441. The van der Waals surface area contributed by atoms with Gasteiger partial charge in [-0.25, -0.2) is 5.06 Å². The van der Waals surface area contributed by atoms with E-state index in [1.54, 1.807) is 19.1 Å². The molecule has 1 aromatic rings. The molecule has 1 heterocycles. The highest BCUT2D eigenvalue weighted by molar-refractivity contribution is 6.36. The van der Waals surface area contributed by atoms with Gasteiger partial charge in [-0.3, -0.25) is 9.63 Å². The van der Waals surface area contributed by atoms with Crippen LogP contribution in [0.1, 0.15) is 15.9 Å². The number of carbonyl (C=O) groups excluding carboxylic acids is 1. The first-order valence-electron chi connectivity index (χ1n) is 5.07. The second-order valence-electron chi connectivity index (χ2n) is 3.88. The molecule has 6 heteroatoms. The van der Waals surface area contributed by atoms with E-state index >= 15 is 0 Å². The van der Waals surface area contributed by atoms with E-state index in [1.165, 1.54) is 0 Å². The highest BCUT2D eigenvalue weighted by Crippen LogP contribution is 2.26. The van der Waals surface area contributed by atoms with E-state index in [0.29, 0.717) is 15.6 Å². The number of halogens is 2. The van der Waals surface area contributed by atoms with Crippen LogP contribution in [0.25, 0.3) is 0 Å². The molecule has 17 heavy (non-hydrogen) atoms. The molecule has 1 amide bonds. The van der Waals surface area contributed by atoms with Gasteiger partial charge in [0.1, 0.15) is 12.7 Å². The molecule has 4 nitrogen and oxygen atoms in total. The number of hydrogen-bond acceptors (Lipinski definition) is 3. The van der Waals surface area contributed by atoms with Crippen molar-refractivity contribution in [3.05, 3.63) is 33.3 Å². The Kier molecular flexibility index (Phi) is 3.58. The monoisotopic (exact) mass is 275 g/mol. The standard InChI is InChI=1S/C11H11Cl2NO3/c1-6-9(12)2-7(3-10(6)13)11(16)14-4-8(15)5-17-14/h2-3,8,15H,4-5H2,1H3. The summed E-state index contributed by atoms with van der Waals surface area (Å²) in [5.41, 5.74) is 1.08. The minimum Gasteiger partial charge on any atom is -0.389 e. The number of rotatable bonds is 1. The molecule has 1 atom stereocenters. The number of aliphatic hydroxyl groups is 1. The van der Waals surface area contributed by atoms with Crippen molar-refractivity contribution in [2.75, 3.05) is 13.2 Å². The van der Waals surface area contributed by atoms with Gasteiger partial charge in [-0.15, -0.1) is 0 Å². The van der Waals surface area contributed by atoms with Gasteiger partial charge in [0.15, 0.2) is 0 Å². The largest absolute Gasteiger partial charge is 0.389 e. The fraction of sp³-hybridized carbons (Fsp3) is 0.364. The second kappa shape index (κ2) is 4.82. The van der Waals surface area contributed by atoms with Gasteiger partial charge >= 0.3 is 0 Å². The molecule has 1 N–H and O–H groups in total. The number of carbonyl (C=O) groups is 1. The van der Waals surface area contributed by atoms with Crippen LogP contribution >= 0.6 is 23.2 Å². The summed E-state index contributed by atoms with van der Waals surface area (Å²) in [6, 6.07) is 3.08. The van der Waals surface area contributed by atoms with Crippen LogP contribution in [-0.4, -0.2) is 35.3 Å². The molecule has 0 spiro atoms. The summed E-state index contributed by atoms with van der Waals surface area (Å²) in [4.78, 5) is 17.0. The number of hydroxylamine groups is 2. The number of β-amino-alcohol motifs (C(OH)–C–C–N with tert-alkyl or cyclic N) is 1. The molecule has 1 saturated heterocycles. The number of nitrogens with zero attached hydrogens (tertiary/aromatic N) is 1. The van der Waals surface area contributed by atoms with Crippen LogP contribution in [0.3, 0.4) is 0 Å². The van der Waals surface area contributed by atoms with E-state index in [-0.39, 0.29) is 19.1 Å². The maximum atomic E-state index is 12.0. The third kappa shape index (κ3) is 2.55. The van der Waals surface area contributed by atoms with Gasteiger partial charge in [-0.2, -0.15) is 0 Å². The average Bonchev–Trinajstić information content (AvgIpc) is 2.71. The van der Waals surface area contributed by atoms with E-state index in [1.807, 2.05) is 0 Å². The summed E-state index contributed by atoms with van der Waals surface area (Å²) in [5.74, 6) is -0.356. The van der Waals surface area contributed by atoms with Gasteiger partial charge in [0.05, 0.1) is 6.54 Å². The zero-order valence-electron chi connectivity index (χ0n) is 9.11. The molecule has 1 aliphatic rings. The molecule has 0 radical (unpaired) electrons. The normalized spacial score (nSPS) is 19.8. The SMILES string of the molecule is Cc1c(Cl)cc(C(=O)N2CC(O)CO2)cc1Cl. The Morgan fingerprint density at radius 2 is 2.06 bits per heavy atom. The lowest BCUT2D eigenvalue weighted by Crippen LogP contribution is -2.28. The molecule has 92 valence electrons. The highest BCUT2D eigenvalue weighted by atomic mass is 35.5. The Balaban J connectivity index is 2.25. The summed E-state index contributed by atoms with van der Waals surface area (Å²) >= 11 is 11.9. The van der Waals surface area contributed by atoms with Crippen molar-refractivity contribution in [2.24, 2.45) is 0 Å². The predicted molar refractivity (Wildman–Crippen MR) is 64.2 cm³/mol. The first-order chi connectivity index (χ1) is 7.99. The molecular formula is C11H11Cl2NO3. The highest BCUT2D eigenvalue weighted by Gasteiger charge is 2.27. The topological polar surface area (TPSA) is 49.8 Å². The van der Waals surface area contributed by atoms with Crippen LogP contribution in [0.5, 0.6) is 0 Å². The van der Waals surface area contributed by atoms with E-state index < -0.39 is 6.10 Å². The fourth-order valence-corrected chi connectivity index (χ4v) is 2.01. The first kappa shape index (κ1) is 12.6. The van der Waals surface area contributed by atoms with Gasteiger partial charge < -0.3 is 5.11 Å². The molecule has 1 fully saturated rings. The Morgan fingerprint density at radius 1 is 1.47 bits per heavy atom. The van der Waals surface area contributed by atoms with Crippen molar-refractivity contribution in [3.8, 4) is 0 Å². The van der Waals surface area contributed by atoms with Crippen molar-refractivity contribution in [1.29, 1.82) is 0 Å². The van der Waals surface area contributed by atoms with Gasteiger partial charge in [0, 0.05) is 15.6 Å². The Morgan fingerprint density at radius 3 is 2.53 bits per heavy atom. The van der Waals surface area contributed by atoms with Crippen LogP contribution in [0, 0.1) is 6.92 Å². The summed E-state index contributed by atoms with van der Waals surface area (Å²) in [5, 5.41) is 11.3. The lowest BCUT2D eigenvalue weighted by atomic mass is 10.1. The molecule has 1 unspecified atom stereocenters. The van der Waals surface area contributed by atoms with Crippen molar-refractivity contribution in [2.45, 2.75) is 13.0 Å². The summed E-state index contributed by atoms with van der Waals surface area (Å²) in [6.07, 6.45) is -0.643. The molecule has 0 bridgehead atoms. The maximum Gasteiger partial charge on any atom is 0.277 e. The maximum absolute atomic E-state index is 12.0. The zero-order chi connectivity index (χ0) is 12.6. The molecular weight excluding hydrogens is 265 g/mol. The summed E-state index contributed by atoms with van der Waals surface area (Å²) in [6.45, 7) is 2.05. The molecule has 1 aromatic carbocycles. The molecule has 0 aromatic heterocycles. The number of amides is 1. The van der Waals surface area contributed by atoms with Crippen LogP contribution < -0.4 is 0 Å². The summed E-state index contributed by atoms with van der Waals surface area (Å²) in [7, 11) is 0. The fourth-order valence-electron chi connectivity index (χ4n) is 1.53. The molecule has 0 aliphatic carbocycles. The Labute approximate surface area is 109 Å². The van der Waals surface area contributed by atoms with Crippen LogP contribution in [0.2, 0.25) is 10.0 Å². The summed E-state index contributed by atoms with van der Waals surface area (Å²) < 4.78 is 0. The number of benzene rings is 1. The number of aliphatic hydroxyl groups excluding tert-OH is 1. The zero-order valence-corrected chi connectivity index (χ0v) is 10.6. The molecule has 2 rings (SSSR count). The average molecular weight is 276 g/mol. The van der Waals surface area contributed by atoms with Crippen molar-refractivity contribution in [3.63, 3.8) is 0 Å². The van der Waals surface area contributed by atoms with Crippen molar-refractivity contribution >= 4 is 29.1 Å². The van der Waals surface area contributed by atoms with Gasteiger partial charge in [-0.05, 0) is 24.6 Å². The molecule has 0 saturated carbocycles. The quantitative estimate of drug-likeness (QED) is 0.854. The van der Waals surface area contributed by atoms with Crippen LogP contribution in [0.4, 0.5) is 0 Å². The minimum absolute atomic E-state index is 0.124. The van der Waals surface area contributed by atoms with Crippen LogP contribution in [-0.2, 0) is 4.84 Å². The Hall–Kier alpha value is -0.810. The molecule has 1 aliphatic heterocycles. The predicted octanol–water partition coefficient (Wildman–Crippen LogP) is 2.05. The van der Waals surface area contributed by atoms with Gasteiger partial charge in [0.25, 0.3) is 5.91 Å². The minimum atomic E-state index is -0.643. The van der Waals surface area contributed by atoms with Crippen molar-refractivity contribution < 1.29 is 14.7 Å². The third-order valence-electron chi connectivity index (χ3n) is 2.55. The van der Waals surface area contributed by atoms with E-state index in [2.05, 4.69) is 0 Å². The van der Waals surface area contributed by atoms with Gasteiger partial charge in [-0.1, -0.05) is 23.2 Å². The second-order valence-corrected chi connectivity index (χ2v) is 4.70. The first-order valence-corrected chi connectivity index (χ1v) is 5.83. The number of hydrogen-bond donors (Lipinski definition) is 1. The van der Waals surface area contributed by atoms with E-state index in [4.69, 9.17) is 28.0 Å². The van der Waals surface area contributed by atoms with Crippen LogP contribution in [0.15, 0.2) is 12.1 Å². The smallest absolute Gasteiger partial charge is 0.277 e. The lowest BCUT2D eigenvalue weighted by molar-refractivity contribution is -0.0779. The van der Waals surface area contributed by atoms with Crippen molar-refractivity contribution in [1.82, 2.24) is 5.06 Å². The third-order valence-corrected chi connectivity index (χ3v) is 3.34.